The fourth-order valence-corrected chi connectivity index (χ4v) is 4.29. The maximum Gasteiger partial charge on any atom is 0.283 e. The van der Waals surface area contributed by atoms with E-state index in [4.69, 9.17) is 23.2 Å². The van der Waals surface area contributed by atoms with E-state index in [0.29, 0.717) is 33.4 Å². The molecule has 1 N–H and O–H groups in total. The quantitative estimate of drug-likeness (QED) is 0.639. The van der Waals surface area contributed by atoms with Crippen LogP contribution < -0.4 is 10.2 Å². The molecule has 6 nitrogen and oxygen atoms in total. The van der Waals surface area contributed by atoms with Gasteiger partial charge < -0.3 is 10.2 Å². The van der Waals surface area contributed by atoms with Gasteiger partial charge in [-0.05, 0) is 67.6 Å². The van der Waals surface area contributed by atoms with Gasteiger partial charge in [0.05, 0.1) is 5.69 Å². The molecule has 0 aliphatic carbocycles. The van der Waals surface area contributed by atoms with Crippen LogP contribution in [0.1, 0.15) is 35.7 Å². The molecular formula is C24H23Cl2N3O3. The lowest BCUT2D eigenvalue weighted by Crippen LogP contribution is -2.37. The maximum absolute atomic E-state index is 13.0. The number of imide groups is 1. The molecular weight excluding hydrogens is 449 g/mol. The van der Waals surface area contributed by atoms with Crippen LogP contribution in [0, 0.1) is 12.8 Å². The predicted molar refractivity (Wildman–Crippen MR) is 126 cm³/mol. The van der Waals surface area contributed by atoms with Gasteiger partial charge in [-0.3, -0.25) is 14.4 Å². The van der Waals surface area contributed by atoms with Crippen molar-refractivity contribution in [1.29, 1.82) is 0 Å². The van der Waals surface area contributed by atoms with Crippen molar-refractivity contribution in [1.82, 2.24) is 4.90 Å². The summed E-state index contributed by atoms with van der Waals surface area (Å²) < 4.78 is 0. The van der Waals surface area contributed by atoms with Gasteiger partial charge in [0.15, 0.2) is 0 Å². The summed E-state index contributed by atoms with van der Waals surface area (Å²) in [6.07, 6.45) is 2.02. The topological polar surface area (TPSA) is 69.7 Å². The van der Waals surface area contributed by atoms with Crippen molar-refractivity contribution in [2.75, 3.05) is 23.3 Å². The van der Waals surface area contributed by atoms with Crippen molar-refractivity contribution in [2.45, 2.75) is 26.7 Å². The van der Waals surface area contributed by atoms with E-state index in [2.05, 4.69) is 12.2 Å². The molecule has 2 aliphatic heterocycles. The summed E-state index contributed by atoms with van der Waals surface area (Å²) in [6.45, 7) is 5.46. The first kappa shape index (κ1) is 22.4. The number of rotatable bonds is 4. The van der Waals surface area contributed by atoms with Crippen LogP contribution in [-0.2, 0) is 9.59 Å². The van der Waals surface area contributed by atoms with Crippen LogP contribution in [0.15, 0.2) is 53.2 Å². The van der Waals surface area contributed by atoms with Gasteiger partial charge in [-0.15, -0.1) is 0 Å². The van der Waals surface area contributed by atoms with Gasteiger partial charge in [0.1, 0.15) is 10.7 Å². The first-order valence-electron chi connectivity index (χ1n) is 10.5. The number of amides is 3. The van der Waals surface area contributed by atoms with Gasteiger partial charge >= 0.3 is 0 Å². The second-order valence-corrected chi connectivity index (χ2v) is 8.98. The summed E-state index contributed by atoms with van der Waals surface area (Å²) in [7, 11) is 0. The predicted octanol–water partition coefficient (Wildman–Crippen LogP) is 4.96. The second kappa shape index (κ2) is 8.96. The summed E-state index contributed by atoms with van der Waals surface area (Å²) in [4.78, 5) is 41.3. The van der Waals surface area contributed by atoms with Crippen molar-refractivity contribution < 1.29 is 14.4 Å². The summed E-state index contributed by atoms with van der Waals surface area (Å²) in [5.74, 6) is -0.537. The standard InChI is InChI=1S/C24H23Cl2N3O3/c1-14-10-12-28(13-11-14)22(30)16-6-8-17(9-7-16)27-21-20(26)23(31)29(24(21)32)19-5-3-4-18(25)15(19)2/h3-9,14,27H,10-13H2,1-2H3. The van der Waals surface area contributed by atoms with Crippen LogP contribution in [0.5, 0.6) is 0 Å². The van der Waals surface area contributed by atoms with E-state index in [1.165, 1.54) is 0 Å². The number of anilines is 2. The summed E-state index contributed by atoms with van der Waals surface area (Å²) in [5.41, 5.74) is 2.11. The van der Waals surface area contributed by atoms with E-state index >= 15 is 0 Å². The highest BCUT2D eigenvalue weighted by atomic mass is 35.5. The van der Waals surface area contributed by atoms with Crippen LogP contribution in [0.25, 0.3) is 0 Å². The number of hydrogen-bond donors (Lipinski definition) is 1. The van der Waals surface area contributed by atoms with Gasteiger partial charge in [0.25, 0.3) is 17.7 Å². The van der Waals surface area contributed by atoms with Crippen LogP contribution in [-0.4, -0.2) is 35.7 Å². The van der Waals surface area contributed by atoms with Crippen LogP contribution in [0.2, 0.25) is 5.02 Å². The largest absolute Gasteiger partial charge is 0.350 e. The molecule has 32 heavy (non-hydrogen) atoms. The average Bonchev–Trinajstić information content (AvgIpc) is 2.99. The number of nitrogens with zero attached hydrogens (tertiary/aromatic N) is 2. The van der Waals surface area contributed by atoms with E-state index in [-0.39, 0.29) is 16.6 Å². The lowest BCUT2D eigenvalue weighted by molar-refractivity contribution is -0.120. The van der Waals surface area contributed by atoms with Crippen molar-refractivity contribution in [3.05, 3.63) is 69.3 Å². The number of carbonyl (C=O) groups excluding carboxylic acids is 3. The lowest BCUT2D eigenvalue weighted by atomic mass is 9.98. The molecule has 2 aliphatic rings. The summed E-state index contributed by atoms with van der Waals surface area (Å²) >= 11 is 12.4. The Hall–Kier alpha value is -2.83. The molecule has 166 valence electrons. The third-order valence-electron chi connectivity index (χ3n) is 5.98. The smallest absolute Gasteiger partial charge is 0.283 e. The molecule has 0 aromatic heterocycles. The molecule has 0 bridgehead atoms. The zero-order valence-electron chi connectivity index (χ0n) is 17.8. The molecule has 0 spiro atoms. The Kier molecular flexibility index (Phi) is 6.26. The number of likely N-dealkylation sites (tertiary alicyclic amines) is 1. The van der Waals surface area contributed by atoms with E-state index in [1.807, 2.05) is 4.90 Å². The molecule has 1 fully saturated rings. The van der Waals surface area contributed by atoms with E-state index in [1.54, 1.807) is 49.4 Å². The van der Waals surface area contributed by atoms with Crippen molar-refractivity contribution in [2.24, 2.45) is 5.92 Å². The monoisotopic (exact) mass is 471 g/mol. The minimum absolute atomic E-state index is 0.00424. The first-order chi connectivity index (χ1) is 15.3. The molecule has 8 heteroatoms. The van der Waals surface area contributed by atoms with Gasteiger partial charge in [0.2, 0.25) is 0 Å². The third kappa shape index (κ3) is 4.12. The average molecular weight is 472 g/mol. The second-order valence-electron chi connectivity index (χ2n) is 8.20. The summed E-state index contributed by atoms with van der Waals surface area (Å²) in [5, 5.41) is 3.18. The number of benzene rings is 2. The molecule has 0 unspecified atom stereocenters. The Balaban J connectivity index is 1.50. The molecule has 0 saturated carbocycles. The molecule has 0 atom stereocenters. The molecule has 1 saturated heterocycles. The molecule has 2 aromatic rings. The zero-order valence-corrected chi connectivity index (χ0v) is 19.3. The van der Waals surface area contributed by atoms with Gasteiger partial charge in [-0.1, -0.05) is 36.2 Å². The van der Waals surface area contributed by atoms with Crippen molar-refractivity contribution in [3.63, 3.8) is 0 Å². The minimum Gasteiger partial charge on any atom is -0.350 e. The highest BCUT2D eigenvalue weighted by molar-refractivity contribution is 6.53. The number of halogens is 2. The number of piperidine rings is 1. The van der Waals surface area contributed by atoms with E-state index < -0.39 is 11.8 Å². The maximum atomic E-state index is 13.0. The van der Waals surface area contributed by atoms with E-state index in [0.717, 1.165) is 30.8 Å². The Morgan fingerprint density at radius 3 is 2.31 bits per heavy atom. The fraction of sp³-hybridized carbons (Fsp3) is 0.292. The molecule has 4 rings (SSSR count). The number of hydrogen-bond acceptors (Lipinski definition) is 4. The van der Waals surface area contributed by atoms with Gasteiger partial charge in [-0.2, -0.15) is 0 Å². The van der Waals surface area contributed by atoms with Gasteiger partial charge in [-0.25, -0.2) is 4.90 Å². The van der Waals surface area contributed by atoms with Crippen LogP contribution in [0.3, 0.4) is 0 Å². The third-order valence-corrected chi connectivity index (χ3v) is 6.74. The Morgan fingerprint density at radius 1 is 1.00 bits per heavy atom. The van der Waals surface area contributed by atoms with E-state index in [9.17, 15) is 14.4 Å². The Bertz CT molecular complexity index is 1120. The SMILES string of the molecule is Cc1c(Cl)cccc1N1C(=O)C(Cl)=C(Nc2ccc(C(=O)N3CCC(C)CC3)cc2)C1=O. The van der Waals surface area contributed by atoms with Crippen molar-refractivity contribution >= 4 is 52.3 Å². The lowest BCUT2D eigenvalue weighted by Gasteiger charge is -2.30. The molecule has 3 amide bonds. The highest BCUT2D eigenvalue weighted by Gasteiger charge is 2.39. The van der Waals surface area contributed by atoms with Crippen molar-refractivity contribution in [3.8, 4) is 0 Å². The number of carbonyl (C=O) groups is 3. The molecule has 2 aromatic carbocycles. The van der Waals surface area contributed by atoms with Gasteiger partial charge in [0, 0.05) is 29.4 Å². The fourth-order valence-electron chi connectivity index (χ4n) is 3.90. The van der Waals surface area contributed by atoms with Crippen LogP contribution in [0.4, 0.5) is 11.4 Å². The van der Waals surface area contributed by atoms with Crippen LogP contribution >= 0.6 is 23.2 Å². The number of nitrogens with one attached hydrogen (secondary N) is 1. The summed E-state index contributed by atoms with van der Waals surface area (Å²) in [6, 6.07) is 11.8. The Labute approximate surface area is 196 Å². The minimum atomic E-state index is -0.615. The normalized spacial score (nSPS) is 17.4. The first-order valence-corrected chi connectivity index (χ1v) is 11.2. The molecule has 2 heterocycles. The Morgan fingerprint density at radius 2 is 1.66 bits per heavy atom. The molecule has 0 radical (unpaired) electrons. The zero-order chi connectivity index (χ0) is 23.0. The highest BCUT2D eigenvalue weighted by Crippen LogP contribution is 2.34.